The van der Waals surface area contributed by atoms with Crippen molar-refractivity contribution in [1.82, 2.24) is 9.88 Å². The Hall–Kier alpha value is -1.30. The fraction of sp³-hybridized carbons (Fsp3) is 0.647. The third-order valence-corrected chi connectivity index (χ3v) is 4.80. The lowest BCUT2D eigenvalue weighted by Crippen LogP contribution is -2.50. The molecular formula is C17H23BrN2O3. The van der Waals surface area contributed by atoms with E-state index in [4.69, 9.17) is 9.47 Å². The first-order chi connectivity index (χ1) is 10.8. The van der Waals surface area contributed by atoms with E-state index >= 15 is 0 Å². The lowest BCUT2D eigenvalue weighted by molar-refractivity contribution is -0.00670. The highest BCUT2D eigenvalue weighted by Crippen LogP contribution is 2.40. The number of ether oxygens (including phenoxy) is 2. The summed E-state index contributed by atoms with van der Waals surface area (Å²) >= 11 is 3.37. The van der Waals surface area contributed by atoms with Crippen LogP contribution in [0.5, 0.6) is 5.75 Å². The minimum atomic E-state index is -0.452. The predicted molar refractivity (Wildman–Crippen MR) is 90.4 cm³/mol. The number of fused-ring (bicyclic) bond motifs is 2. The Kier molecular flexibility index (Phi) is 4.54. The predicted octanol–water partition coefficient (Wildman–Crippen LogP) is 3.87. The SMILES string of the molecule is CC(C)(C)OC(=O)N1C[C@H]2CC[C@@H](C1)C2Oc1ccnc(Br)c1. The van der Waals surface area contributed by atoms with Gasteiger partial charge in [-0.2, -0.15) is 0 Å². The van der Waals surface area contributed by atoms with Crippen molar-refractivity contribution in [3.8, 4) is 5.75 Å². The molecular weight excluding hydrogens is 360 g/mol. The van der Waals surface area contributed by atoms with Crippen LogP contribution >= 0.6 is 15.9 Å². The van der Waals surface area contributed by atoms with Crippen molar-refractivity contribution in [3.63, 3.8) is 0 Å². The first-order valence-electron chi connectivity index (χ1n) is 8.08. The number of halogens is 1. The molecule has 1 aliphatic carbocycles. The molecule has 126 valence electrons. The highest BCUT2D eigenvalue weighted by molar-refractivity contribution is 9.10. The quantitative estimate of drug-likeness (QED) is 0.728. The van der Waals surface area contributed by atoms with Crippen LogP contribution in [-0.4, -0.2) is 40.8 Å². The molecule has 2 heterocycles. The Bertz CT molecular complexity index is 573. The van der Waals surface area contributed by atoms with Crippen LogP contribution in [0.4, 0.5) is 4.79 Å². The molecule has 3 rings (SSSR count). The van der Waals surface area contributed by atoms with E-state index in [0.29, 0.717) is 24.9 Å². The Labute approximate surface area is 145 Å². The summed E-state index contributed by atoms with van der Waals surface area (Å²) in [6, 6.07) is 3.77. The molecule has 1 aliphatic heterocycles. The smallest absolute Gasteiger partial charge is 0.410 e. The summed E-state index contributed by atoms with van der Waals surface area (Å²) < 4.78 is 12.5. The van der Waals surface area contributed by atoms with Crippen molar-refractivity contribution in [2.45, 2.75) is 45.3 Å². The molecule has 1 aromatic rings. The third-order valence-electron chi connectivity index (χ3n) is 4.37. The van der Waals surface area contributed by atoms with Gasteiger partial charge in [0.1, 0.15) is 22.1 Å². The molecule has 1 aromatic heterocycles. The molecule has 0 radical (unpaired) electrons. The minimum Gasteiger partial charge on any atom is -0.490 e. The Morgan fingerprint density at radius 1 is 1.30 bits per heavy atom. The molecule has 6 heteroatoms. The van der Waals surface area contributed by atoms with Crippen LogP contribution in [-0.2, 0) is 4.74 Å². The summed E-state index contributed by atoms with van der Waals surface area (Å²) in [6.45, 7) is 7.12. The monoisotopic (exact) mass is 382 g/mol. The Morgan fingerprint density at radius 2 is 1.96 bits per heavy atom. The van der Waals surface area contributed by atoms with E-state index in [9.17, 15) is 4.79 Å². The first-order valence-corrected chi connectivity index (χ1v) is 8.87. The normalized spacial score (nSPS) is 27.0. The number of hydrogen-bond donors (Lipinski definition) is 0. The molecule has 1 amide bonds. The molecule has 2 fully saturated rings. The van der Waals surface area contributed by atoms with Crippen LogP contribution in [0.3, 0.4) is 0 Å². The van der Waals surface area contributed by atoms with Crippen LogP contribution < -0.4 is 4.74 Å². The summed E-state index contributed by atoms with van der Waals surface area (Å²) in [7, 11) is 0. The molecule has 0 aromatic carbocycles. The van der Waals surface area contributed by atoms with Crippen molar-refractivity contribution < 1.29 is 14.3 Å². The van der Waals surface area contributed by atoms with Gasteiger partial charge in [0.25, 0.3) is 0 Å². The molecule has 0 N–H and O–H groups in total. The number of pyridine rings is 1. The summed E-state index contributed by atoms with van der Waals surface area (Å²) in [5.74, 6) is 1.57. The van der Waals surface area contributed by atoms with Crippen LogP contribution in [0.25, 0.3) is 0 Å². The van der Waals surface area contributed by atoms with Crippen molar-refractivity contribution in [2.75, 3.05) is 13.1 Å². The molecule has 3 atom stereocenters. The second kappa shape index (κ2) is 6.30. The number of nitrogens with zero attached hydrogens (tertiary/aromatic N) is 2. The van der Waals surface area contributed by atoms with Gasteiger partial charge >= 0.3 is 6.09 Å². The molecule has 0 spiro atoms. The number of carbonyl (C=O) groups excluding carboxylic acids is 1. The van der Waals surface area contributed by atoms with Gasteiger partial charge < -0.3 is 14.4 Å². The third kappa shape index (κ3) is 3.97. The maximum Gasteiger partial charge on any atom is 0.410 e. The summed E-state index contributed by atoms with van der Waals surface area (Å²) in [6.07, 6.45) is 3.89. The number of carbonyl (C=O) groups is 1. The lowest BCUT2D eigenvalue weighted by Gasteiger charge is -2.38. The number of likely N-dealkylation sites (tertiary alicyclic amines) is 1. The van der Waals surface area contributed by atoms with Crippen LogP contribution in [0, 0.1) is 11.8 Å². The standard InChI is InChI=1S/C17H23BrN2O3/c1-17(2,3)23-16(21)20-9-11-4-5-12(10-20)15(11)22-13-6-7-19-14(18)8-13/h6-8,11-12,15H,4-5,9-10H2,1-3H3/t11-,12+,15?. The highest BCUT2D eigenvalue weighted by atomic mass is 79.9. The number of piperidine rings is 1. The molecule has 1 unspecified atom stereocenters. The average molecular weight is 383 g/mol. The van der Waals surface area contributed by atoms with E-state index in [0.717, 1.165) is 23.2 Å². The van der Waals surface area contributed by atoms with Gasteiger partial charge in [0, 0.05) is 37.2 Å². The van der Waals surface area contributed by atoms with Gasteiger partial charge in [0.2, 0.25) is 0 Å². The number of rotatable bonds is 2. The van der Waals surface area contributed by atoms with Crippen molar-refractivity contribution in [3.05, 3.63) is 22.9 Å². The van der Waals surface area contributed by atoms with Gasteiger partial charge in [0.05, 0.1) is 0 Å². The number of amides is 1. The van der Waals surface area contributed by atoms with Crippen molar-refractivity contribution in [2.24, 2.45) is 11.8 Å². The maximum absolute atomic E-state index is 12.3. The van der Waals surface area contributed by atoms with E-state index in [2.05, 4.69) is 20.9 Å². The van der Waals surface area contributed by atoms with Gasteiger partial charge in [-0.1, -0.05) is 0 Å². The summed E-state index contributed by atoms with van der Waals surface area (Å²) in [5, 5.41) is 0. The Balaban J connectivity index is 1.64. The van der Waals surface area contributed by atoms with Crippen LogP contribution in [0.2, 0.25) is 0 Å². The van der Waals surface area contributed by atoms with E-state index < -0.39 is 5.60 Å². The molecule has 5 nitrogen and oxygen atoms in total. The number of hydrogen-bond acceptors (Lipinski definition) is 4. The zero-order valence-electron chi connectivity index (χ0n) is 13.8. The van der Waals surface area contributed by atoms with E-state index in [-0.39, 0.29) is 12.2 Å². The van der Waals surface area contributed by atoms with Gasteiger partial charge in [-0.15, -0.1) is 0 Å². The van der Waals surface area contributed by atoms with E-state index in [1.54, 1.807) is 6.20 Å². The Morgan fingerprint density at radius 3 is 2.52 bits per heavy atom. The molecule has 2 aliphatic rings. The van der Waals surface area contributed by atoms with Gasteiger partial charge in [-0.25, -0.2) is 9.78 Å². The van der Waals surface area contributed by atoms with Crippen molar-refractivity contribution >= 4 is 22.0 Å². The molecule has 1 saturated heterocycles. The lowest BCUT2D eigenvalue weighted by atomic mass is 9.95. The zero-order chi connectivity index (χ0) is 16.6. The highest BCUT2D eigenvalue weighted by Gasteiger charge is 2.45. The largest absolute Gasteiger partial charge is 0.490 e. The first kappa shape index (κ1) is 16.6. The van der Waals surface area contributed by atoms with Crippen LogP contribution in [0.15, 0.2) is 22.9 Å². The number of aromatic nitrogens is 1. The van der Waals surface area contributed by atoms with E-state index in [1.165, 1.54) is 0 Å². The van der Waals surface area contributed by atoms with Gasteiger partial charge in [-0.3, -0.25) is 0 Å². The summed E-state index contributed by atoms with van der Waals surface area (Å²) in [4.78, 5) is 18.3. The maximum atomic E-state index is 12.3. The minimum absolute atomic E-state index is 0.169. The fourth-order valence-electron chi connectivity index (χ4n) is 3.46. The topological polar surface area (TPSA) is 51.7 Å². The fourth-order valence-corrected chi connectivity index (χ4v) is 3.80. The summed E-state index contributed by atoms with van der Waals surface area (Å²) in [5.41, 5.74) is -0.452. The van der Waals surface area contributed by atoms with Crippen molar-refractivity contribution in [1.29, 1.82) is 0 Å². The average Bonchev–Trinajstić information content (AvgIpc) is 2.68. The second-order valence-electron chi connectivity index (χ2n) is 7.38. The second-order valence-corrected chi connectivity index (χ2v) is 8.19. The van der Waals surface area contributed by atoms with Gasteiger partial charge in [-0.05, 0) is 55.6 Å². The molecule has 23 heavy (non-hydrogen) atoms. The molecule has 2 bridgehead atoms. The van der Waals surface area contributed by atoms with E-state index in [1.807, 2.05) is 37.8 Å². The van der Waals surface area contributed by atoms with Gasteiger partial charge in [0.15, 0.2) is 0 Å². The van der Waals surface area contributed by atoms with Crippen LogP contribution in [0.1, 0.15) is 33.6 Å². The zero-order valence-corrected chi connectivity index (χ0v) is 15.4. The molecule has 1 saturated carbocycles.